The number of nitrogens with one attached hydrogen (secondary N) is 1. The van der Waals surface area contributed by atoms with E-state index in [9.17, 15) is 14.7 Å². The first-order valence-electron chi connectivity index (χ1n) is 10.5. The number of amides is 1. The van der Waals surface area contributed by atoms with Crippen LogP contribution in [-0.2, 0) is 30.3 Å². The van der Waals surface area contributed by atoms with E-state index in [4.69, 9.17) is 23.7 Å². The maximum absolute atomic E-state index is 11.8. The van der Waals surface area contributed by atoms with Crippen molar-refractivity contribution in [3.05, 3.63) is 29.8 Å². The molecule has 0 radical (unpaired) electrons. The van der Waals surface area contributed by atoms with Crippen molar-refractivity contribution < 1.29 is 38.4 Å². The van der Waals surface area contributed by atoms with E-state index in [0.717, 1.165) is 31.4 Å². The number of carbonyl (C=O) groups excluding carboxylic acids is 1. The summed E-state index contributed by atoms with van der Waals surface area (Å²) in [4.78, 5) is 23.2. The smallest absolute Gasteiger partial charge is 0.408 e. The summed E-state index contributed by atoms with van der Waals surface area (Å²) >= 11 is 0. The van der Waals surface area contributed by atoms with Crippen molar-refractivity contribution in [1.82, 2.24) is 5.32 Å². The molecule has 1 aromatic carbocycles. The molecular weight excluding hydrogens is 406 g/mol. The highest BCUT2D eigenvalue weighted by Crippen LogP contribution is 2.16. The molecule has 1 saturated heterocycles. The Bertz CT molecular complexity index is 697. The van der Waals surface area contributed by atoms with E-state index < -0.39 is 23.7 Å². The van der Waals surface area contributed by atoms with Gasteiger partial charge >= 0.3 is 12.1 Å². The van der Waals surface area contributed by atoms with Gasteiger partial charge in [0.2, 0.25) is 0 Å². The highest BCUT2D eigenvalue weighted by Gasteiger charge is 2.24. The lowest BCUT2D eigenvalue weighted by atomic mass is 10.2. The topological polar surface area (TPSA) is 113 Å². The number of aliphatic carboxylic acids is 1. The highest BCUT2D eigenvalue weighted by atomic mass is 16.7. The van der Waals surface area contributed by atoms with Crippen LogP contribution in [-0.4, -0.2) is 61.5 Å². The van der Waals surface area contributed by atoms with Gasteiger partial charge in [0.1, 0.15) is 18.0 Å². The van der Waals surface area contributed by atoms with Crippen LogP contribution in [0.4, 0.5) is 4.79 Å². The van der Waals surface area contributed by atoms with Gasteiger partial charge in [-0.2, -0.15) is 0 Å². The van der Waals surface area contributed by atoms with Gasteiger partial charge in [0.15, 0.2) is 12.3 Å². The van der Waals surface area contributed by atoms with E-state index in [-0.39, 0.29) is 19.5 Å². The number of rotatable bonds is 11. The molecule has 0 bridgehead atoms. The van der Waals surface area contributed by atoms with E-state index in [1.165, 1.54) is 0 Å². The number of hydrogen-bond acceptors (Lipinski definition) is 7. The summed E-state index contributed by atoms with van der Waals surface area (Å²) in [5.41, 5.74) is 0.0959. The minimum atomic E-state index is -1.21. The zero-order valence-corrected chi connectivity index (χ0v) is 18.4. The van der Waals surface area contributed by atoms with Crippen LogP contribution in [0.25, 0.3) is 0 Å². The summed E-state index contributed by atoms with van der Waals surface area (Å²) in [7, 11) is 0. The lowest BCUT2D eigenvalue weighted by molar-refractivity contribution is -0.165. The first kappa shape index (κ1) is 24.9. The molecule has 1 aliphatic rings. The molecule has 0 spiro atoms. The maximum atomic E-state index is 11.8. The van der Waals surface area contributed by atoms with E-state index >= 15 is 0 Å². The minimum Gasteiger partial charge on any atom is -0.491 e. The van der Waals surface area contributed by atoms with Crippen LogP contribution >= 0.6 is 0 Å². The summed E-state index contributed by atoms with van der Waals surface area (Å²) in [5.74, 6) is -0.541. The quantitative estimate of drug-likeness (QED) is 0.506. The van der Waals surface area contributed by atoms with Gasteiger partial charge in [0.05, 0.1) is 19.8 Å². The largest absolute Gasteiger partial charge is 0.491 e. The molecule has 2 N–H and O–H groups in total. The number of carbonyl (C=O) groups is 2. The molecule has 31 heavy (non-hydrogen) atoms. The molecule has 1 aliphatic heterocycles. The Morgan fingerprint density at radius 2 is 2.06 bits per heavy atom. The summed E-state index contributed by atoms with van der Waals surface area (Å²) in [6.07, 6.45) is 2.15. The molecule has 2 rings (SSSR count). The first-order valence-corrected chi connectivity index (χ1v) is 10.5. The van der Waals surface area contributed by atoms with Gasteiger partial charge < -0.3 is 34.1 Å². The van der Waals surface area contributed by atoms with Crippen molar-refractivity contribution in [2.45, 2.75) is 64.6 Å². The average Bonchev–Trinajstić information content (AvgIpc) is 2.70. The van der Waals surface area contributed by atoms with Gasteiger partial charge in [0, 0.05) is 6.61 Å². The second kappa shape index (κ2) is 12.5. The first-order chi connectivity index (χ1) is 14.7. The molecule has 9 nitrogen and oxygen atoms in total. The Labute approximate surface area is 182 Å². The fourth-order valence-electron chi connectivity index (χ4n) is 2.83. The van der Waals surface area contributed by atoms with Crippen LogP contribution in [0.15, 0.2) is 24.3 Å². The van der Waals surface area contributed by atoms with Gasteiger partial charge in [0.25, 0.3) is 0 Å². The third-order valence-corrected chi connectivity index (χ3v) is 4.23. The third-order valence-electron chi connectivity index (χ3n) is 4.23. The maximum Gasteiger partial charge on any atom is 0.408 e. The third kappa shape index (κ3) is 10.5. The predicted octanol–water partition coefficient (Wildman–Crippen LogP) is 3.10. The molecule has 2 atom stereocenters. The molecule has 174 valence electrons. The predicted molar refractivity (Wildman–Crippen MR) is 112 cm³/mol. The Morgan fingerprint density at radius 1 is 1.26 bits per heavy atom. The number of benzene rings is 1. The molecule has 1 aromatic rings. The number of alkyl carbamates (subject to hydrolysis) is 1. The molecule has 1 amide bonds. The van der Waals surface area contributed by atoms with Gasteiger partial charge in [-0.3, -0.25) is 0 Å². The second-order valence-corrected chi connectivity index (χ2v) is 8.21. The normalized spacial score (nSPS) is 17.6. The van der Waals surface area contributed by atoms with Gasteiger partial charge in [-0.15, -0.1) is 0 Å². The van der Waals surface area contributed by atoms with Crippen molar-refractivity contribution in [1.29, 1.82) is 0 Å². The summed E-state index contributed by atoms with van der Waals surface area (Å²) < 4.78 is 27.4. The highest BCUT2D eigenvalue weighted by molar-refractivity contribution is 5.80. The monoisotopic (exact) mass is 439 g/mol. The zero-order valence-electron chi connectivity index (χ0n) is 18.4. The number of ether oxygens (including phenoxy) is 5. The minimum absolute atomic E-state index is 0.145. The summed E-state index contributed by atoms with van der Waals surface area (Å²) in [5, 5.41) is 11.6. The summed E-state index contributed by atoms with van der Waals surface area (Å²) in [6, 6.07) is 6.09. The SMILES string of the molecule is CC(C)(C)OC(=O)N[C@@H](COCc1cccc(OCCOC2CCCCO2)c1)C(=O)O. The van der Waals surface area contributed by atoms with E-state index in [1.807, 2.05) is 24.3 Å². The van der Waals surface area contributed by atoms with Crippen LogP contribution in [0.3, 0.4) is 0 Å². The molecule has 1 unspecified atom stereocenters. The van der Waals surface area contributed by atoms with E-state index in [2.05, 4.69) is 5.32 Å². The van der Waals surface area contributed by atoms with Gasteiger partial charge in [-0.1, -0.05) is 12.1 Å². The Hall–Kier alpha value is -2.36. The van der Waals surface area contributed by atoms with Crippen molar-refractivity contribution in [3.63, 3.8) is 0 Å². The standard InChI is InChI=1S/C22H33NO8/c1-22(2,3)31-21(26)23-18(20(24)25)15-27-14-16-7-6-8-17(13-16)28-11-12-30-19-9-4-5-10-29-19/h6-8,13,18-19H,4-5,9-12,14-15H2,1-3H3,(H,23,26)(H,24,25)/t18-,19?/m0/s1. The fraction of sp³-hybridized carbons (Fsp3) is 0.636. The van der Waals surface area contributed by atoms with Gasteiger partial charge in [-0.05, 0) is 57.7 Å². The second-order valence-electron chi connectivity index (χ2n) is 8.21. The van der Waals surface area contributed by atoms with Crippen LogP contribution in [0.2, 0.25) is 0 Å². The van der Waals surface area contributed by atoms with E-state index in [0.29, 0.717) is 19.0 Å². The zero-order chi connectivity index (χ0) is 22.7. The van der Waals surface area contributed by atoms with Crippen LogP contribution in [0.5, 0.6) is 5.75 Å². The van der Waals surface area contributed by atoms with Crippen LogP contribution in [0, 0.1) is 0 Å². The molecule has 1 heterocycles. The number of carboxylic acid groups (broad SMARTS) is 1. The van der Waals surface area contributed by atoms with Crippen LogP contribution < -0.4 is 10.1 Å². The van der Waals surface area contributed by atoms with Crippen molar-refractivity contribution in [2.24, 2.45) is 0 Å². The Kier molecular flexibility index (Phi) is 10.0. The molecule has 0 aliphatic carbocycles. The molecule has 0 saturated carbocycles. The Morgan fingerprint density at radius 3 is 2.74 bits per heavy atom. The van der Waals surface area contributed by atoms with Crippen molar-refractivity contribution in [3.8, 4) is 5.75 Å². The van der Waals surface area contributed by atoms with Crippen molar-refractivity contribution >= 4 is 12.1 Å². The molecule has 1 fully saturated rings. The summed E-state index contributed by atoms with van der Waals surface area (Å²) in [6.45, 7) is 6.63. The number of carboxylic acids is 1. The van der Waals surface area contributed by atoms with Crippen molar-refractivity contribution in [2.75, 3.05) is 26.4 Å². The lowest BCUT2D eigenvalue weighted by Crippen LogP contribution is -2.46. The number of hydrogen-bond donors (Lipinski definition) is 2. The molecule has 9 heteroatoms. The lowest BCUT2D eigenvalue weighted by Gasteiger charge is -2.22. The Balaban J connectivity index is 1.71. The molecular formula is C22H33NO8. The molecule has 0 aromatic heterocycles. The van der Waals surface area contributed by atoms with E-state index in [1.54, 1.807) is 20.8 Å². The average molecular weight is 440 g/mol. The van der Waals surface area contributed by atoms with Crippen LogP contribution in [0.1, 0.15) is 45.6 Å². The fourth-order valence-corrected chi connectivity index (χ4v) is 2.83. The van der Waals surface area contributed by atoms with Gasteiger partial charge in [-0.25, -0.2) is 9.59 Å².